The van der Waals surface area contributed by atoms with Crippen molar-refractivity contribution in [2.45, 2.75) is 52.6 Å². The standard InChI is InChI=1S/C24H36N6O2/c1-4-12-26-22(31)17-30-13-10-20(11-14-30)29-24(25-5-2)28-16-23-27-15-21(32-23)19-8-6-18(3)7-9-19/h6-9,15,20H,4-5,10-14,16-17H2,1-3H3,(H,26,31)(H2,25,28,29). The molecular weight excluding hydrogens is 404 g/mol. The van der Waals surface area contributed by atoms with Gasteiger partial charge in [-0.25, -0.2) is 9.98 Å². The number of carbonyl (C=O) groups excluding carboxylic acids is 1. The minimum Gasteiger partial charge on any atom is -0.439 e. The number of aryl methyl sites for hydroxylation is 1. The maximum Gasteiger partial charge on any atom is 0.234 e. The molecule has 3 rings (SSSR count). The molecule has 1 aliphatic heterocycles. The second kappa shape index (κ2) is 12.2. The molecule has 0 atom stereocenters. The van der Waals surface area contributed by atoms with E-state index in [0.717, 1.165) is 62.7 Å². The summed E-state index contributed by atoms with van der Waals surface area (Å²) >= 11 is 0. The third-order valence-electron chi connectivity index (χ3n) is 5.47. The van der Waals surface area contributed by atoms with Crippen LogP contribution in [0, 0.1) is 6.92 Å². The molecule has 0 spiro atoms. The number of oxazole rings is 1. The van der Waals surface area contributed by atoms with E-state index < -0.39 is 0 Å². The first-order valence-electron chi connectivity index (χ1n) is 11.6. The molecule has 0 saturated carbocycles. The molecule has 2 aromatic rings. The zero-order chi connectivity index (χ0) is 22.8. The summed E-state index contributed by atoms with van der Waals surface area (Å²) in [6, 6.07) is 8.52. The molecule has 8 heteroatoms. The average molecular weight is 441 g/mol. The van der Waals surface area contributed by atoms with E-state index in [1.54, 1.807) is 6.20 Å². The number of aromatic nitrogens is 1. The summed E-state index contributed by atoms with van der Waals surface area (Å²) in [5.41, 5.74) is 2.23. The van der Waals surface area contributed by atoms with Gasteiger partial charge in [-0.05, 0) is 33.1 Å². The minimum absolute atomic E-state index is 0.115. The summed E-state index contributed by atoms with van der Waals surface area (Å²) in [6.07, 6.45) is 4.66. The predicted molar refractivity (Wildman–Crippen MR) is 127 cm³/mol. The zero-order valence-corrected chi connectivity index (χ0v) is 19.5. The summed E-state index contributed by atoms with van der Waals surface area (Å²) in [7, 11) is 0. The number of benzene rings is 1. The number of amides is 1. The van der Waals surface area contributed by atoms with Gasteiger partial charge in [0.2, 0.25) is 11.8 Å². The SMILES string of the molecule is CCCNC(=O)CN1CCC(NC(=NCc2ncc(-c3ccc(C)cc3)o2)NCC)CC1. The van der Waals surface area contributed by atoms with Crippen LogP contribution < -0.4 is 16.0 Å². The Morgan fingerprint density at radius 1 is 1.19 bits per heavy atom. The molecule has 0 aliphatic carbocycles. The van der Waals surface area contributed by atoms with Crippen molar-refractivity contribution in [3.05, 3.63) is 41.9 Å². The molecule has 3 N–H and O–H groups in total. The van der Waals surface area contributed by atoms with Crippen LogP contribution in [0.15, 0.2) is 39.9 Å². The van der Waals surface area contributed by atoms with Crippen LogP contribution in [0.5, 0.6) is 0 Å². The Balaban J connectivity index is 1.49. The van der Waals surface area contributed by atoms with Gasteiger partial charge in [0.25, 0.3) is 0 Å². The van der Waals surface area contributed by atoms with Gasteiger partial charge in [0.15, 0.2) is 11.7 Å². The zero-order valence-electron chi connectivity index (χ0n) is 19.5. The van der Waals surface area contributed by atoms with Crippen LogP contribution >= 0.6 is 0 Å². The minimum atomic E-state index is 0.115. The van der Waals surface area contributed by atoms with Crippen LogP contribution in [-0.4, -0.2) is 60.5 Å². The van der Waals surface area contributed by atoms with Crippen molar-refractivity contribution in [3.8, 4) is 11.3 Å². The summed E-state index contributed by atoms with van der Waals surface area (Å²) in [4.78, 5) is 23.2. The molecule has 1 saturated heterocycles. The van der Waals surface area contributed by atoms with E-state index >= 15 is 0 Å². The van der Waals surface area contributed by atoms with Gasteiger partial charge in [-0.3, -0.25) is 9.69 Å². The van der Waals surface area contributed by atoms with Crippen molar-refractivity contribution in [3.63, 3.8) is 0 Å². The second-order valence-electron chi connectivity index (χ2n) is 8.22. The van der Waals surface area contributed by atoms with Crippen LogP contribution in [0.3, 0.4) is 0 Å². The topological polar surface area (TPSA) is 94.8 Å². The number of likely N-dealkylation sites (tertiary alicyclic amines) is 1. The lowest BCUT2D eigenvalue weighted by atomic mass is 10.1. The van der Waals surface area contributed by atoms with E-state index in [0.29, 0.717) is 25.0 Å². The van der Waals surface area contributed by atoms with Gasteiger partial charge in [-0.15, -0.1) is 0 Å². The predicted octanol–water partition coefficient (Wildman–Crippen LogP) is 2.70. The van der Waals surface area contributed by atoms with Crippen LogP contribution in [0.25, 0.3) is 11.3 Å². The second-order valence-corrected chi connectivity index (χ2v) is 8.22. The van der Waals surface area contributed by atoms with Gasteiger partial charge in [0.1, 0.15) is 6.54 Å². The normalized spacial score (nSPS) is 15.5. The Hall–Kier alpha value is -2.87. The summed E-state index contributed by atoms with van der Waals surface area (Å²) in [5.74, 6) is 2.22. The van der Waals surface area contributed by atoms with Crippen molar-refractivity contribution in [2.75, 3.05) is 32.7 Å². The fourth-order valence-electron chi connectivity index (χ4n) is 3.65. The lowest BCUT2D eigenvalue weighted by molar-refractivity contribution is -0.122. The molecule has 0 unspecified atom stereocenters. The maximum absolute atomic E-state index is 11.9. The van der Waals surface area contributed by atoms with E-state index in [1.165, 1.54) is 5.56 Å². The van der Waals surface area contributed by atoms with Gasteiger partial charge < -0.3 is 20.4 Å². The summed E-state index contributed by atoms with van der Waals surface area (Å²) < 4.78 is 5.89. The molecule has 1 fully saturated rings. The van der Waals surface area contributed by atoms with Gasteiger partial charge in [0.05, 0.1) is 12.7 Å². The number of aliphatic imine (C=N–C) groups is 1. The van der Waals surface area contributed by atoms with Crippen molar-refractivity contribution < 1.29 is 9.21 Å². The van der Waals surface area contributed by atoms with E-state index in [2.05, 4.69) is 63.7 Å². The number of guanidine groups is 1. The van der Waals surface area contributed by atoms with Crippen molar-refractivity contribution in [2.24, 2.45) is 4.99 Å². The molecule has 32 heavy (non-hydrogen) atoms. The Morgan fingerprint density at radius 2 is 1.94 bits per heavy atom. The van der Waals surface area contributed by atoms with Gasteiger partial charge in [0, 0.05) is 37.8 Å². The maximum atomic E-state index is 11.9. The molecule has 0 bridgehead atoms. The van der Waals surface area contributed by atoms with Gasteiger partial charge >= 0.3 is 0 Å². The smallest absolute Gasteiger partial charge is 0.234 e. The highest BCUT2D eigenvalue weighted by Gasteiger charge is 2.21. The number of rotatable bonds is 9. The first-order valence-corrected chi connectivity index (χ1v) is 11.6. The van der Waals surface area contributed by atoms with E-state index in [9.17, 15) is 4.79 Å². The van der Waals surface area contributed by atoms with Crippen molar-refractivity contribution in [1.29, 1.82) is 0 Å². The van der Waals surface area contributed by atoms with E-state index in [4.69, 9.17) is 4.42 Å². The Morgan fingerprint density at radius 3 is 2.62 bits per heavy atom. The lowest BCUT2D eigenvalue weighted by Crippen LogP contribution is -2.50. The first kappa shape index (κ1) is 23.8. The molecule has 0 radical (unpaired) electrons. The lowest BCUT2D eigenvalue weighted by Gasteiger charge is -2.32. The fourth-order valence-corrected chi connectivity index (χ4v) is 3.65. The largest absolute Gasteiger partial charge is 0.439 e. The van der Waals surface area contributed by atoms with Crippen LogP contribution in [0.4, 0.5) is 0 Å². The number of hydrogen-bond acceptors (Lipinski definition) is 5. The number of hydrogen-bond donors (Lipinski definition) is 3. The van der Waals surface area contributed by atoms with Crippen LogP contribution in [-0.2, 0) is 11.3 Å². The Labute approximate surface area is 190 Å². The number of nitrogens with zero attached hydrogens (tertiary/aromatic N) is 3. The number of carbonyl (C=O) groups is 1. The number of nitrogens with one attached hydrogen (secondary N) is 3. The monoisotopic (exact) mass is 440 g/mol. The molecule has 2 heterocycles. The first-order chi connectivity index (χ1) is 15.6. The molecule has 1 amide bonds. The number of piperidine rings is 1. The van der Waals surface area contributed by atoms with Crippen molar-refractivity contribution >= 4 is 11.9 Å². The van der Waals surface area contributed by atoms with Crippen LogP contribution in [0.1, 0.15) is 44.6 Å². The molecule has 8 nitrogen and oxygen atoms in total. The summed E-state index contributed by atoms with van der Waals surface area (Å²) in [5, 5.41) is 9.77. The molecular formula is C24H36N6O2. The highest BCUT2D eigenvalue weighted by Crippen LogP contribution is 2.21. The van der Waals surface area contributed by atoms with Gasteiger partial charge in [-0.2, -0.15) is 0 Å². The Kier molecular flexibility index (Phi) is 9.10. The molecule has 174 valence electrons. The fraction of sp³-hybridized carbons (Fsp3) is 0.542. The van der Waals surface area contributed by atoms with Crippen molar-refractivity contribution in [1.82, 2.24) is 25.8 Å². The van der Waals surface area contributed by atoms with Gasteiger partial charge in [-0.1, -0.05) is 36.8 Å². The van der Waals surface area contributed by atoms with E-state index in [-0.39, 0.29) is 5.91 Å². The third-order valence-corrected chi connectivity index (χ3v) is 5.47. The quantitative estimate of drug-likeness (QED) is 0.410. The average Bonchev–Trinajstić information content (AvgIpc) is 3.27. The van der Waals surface area contributed by atoms with E-state index in [1.807, 2.05) is 12.1 Å². The van der Waals surface area contributed by atoms with Crippen LogP contribution in [0.2, 0.25) is 0 Å². The third kappa shape index (κ3) is 7.37. The molecule has 1 aromatic heterocycles. The molecule has 1 aliphatic rings. The highest BCUT2D eigenvalue weighted by molar-refractivity contribution is 5.80. The summed E-state index contributed by atoms with van der Waals surface area (Å²) in [6.45, 7) is 10.4. The Bertz CT molecular complexity index is 869. The molecule has 1 aromatic carbocycles. The highest BCUT2D eigenvalue weighted by atomic mass is 16.4.